The lowest BCUT2D eigenvalue weighted by Crippen LogP contribution is -2.26. The molecule has 1 amide bonds. The number of rotatable bonds is 5. The number of aromatic nitrogens is 2. The number of amides is 1. The predicted octanol–water partition coefficient (Wildman–Crippen LogP) is 0.802. The normalized spacial score (nSPS) is 11.0. The van der Waals surface area contributed by atoms with Crippen LogP contribution in [0.1, 0.15) is 15.9 Å². The maximum Gasteiger partial charge on any atom is 0.251 e. The molecular weight excluding hydrogens is 304 g/mol. The Hall–Kier alpha value is -2.48. The number of hydrogen-bond acceptors (Lipinski definition) is 5. The number of carbonyl (C=O) groups is 1. The van der Waals surface area contributed by atoms with Gasteiger partial charge in [0.25, 0.3) is 5.91 Å². The van der Waals surface area contributed by atoms with Crippen molar-refractivity contribution < 1.29 is 13.2 Å². The molecule has 0 atom stereocenters. The van der Waals surface area contributed by atoms with Crippen LogP contribution < -0.4 is 9.62 Å². The summed E-state index contributed by atoms with van der Waals surface area (Å²) in [7, 11) is -1.90. The summed E-state index contributed by atoms with van der Waals surface area (Å²) in [6.45, 7) is 0.303. The summed E-state index contributed by atoms with van der Waals surface area (Å²) in [4.78, 5) is 19.8. The van der Waals surface area contributed by atoms with Crippen LogP contribution in [0, 0.1) is 0 Å². The van der Waals surface area contributed by atoms with E-state index in [-0.39, 0.29) is 5.91 Å². The van der Waals surface area contributed by atoms with E-state index in [2.05, 4.69) is 15.3 Å². The van der Waals surface area contributed by atoms with Crippen LogP contribution in [0.2, 0.25) is 0 Å². The van der Waals surface area contributed by atoms with Gasteiger partial charge in [0.1, 0.15) is 5.82 Å². The van der Waals surface area contributed by atoms with Crippen LogP contribution in [-0.2, 0) is 16.6 Å². The molecule has 0 radical (unpaired) electrons. The monoisotopic (exact) mass is 320 g/mol. The third kappa shape index (κ3) is 4.01. The molecular formula is C14H16N4O3S. The van der Waals surface area contributed by atoms with Crippen LogP contribution in [0.15, 0.2) is 42.9 Å². The van der Waals surface area contributed by atoms with Gasteiger partial charge >= 0.3 is 0 Å². The number of hydrogen-bond donors (Lipinski definition) is 1. The number of carbonyl (C=O) groups excluding carboxylic acids is 1. The van der Waals surface area contributed by atoms with Gasteiger partial charge in [0.05, 0.1) is 6.26 Å². The molecule has 2 aromatic rings. The maximum atomic E-state index is 11.9. The van der Waals surface area contributed by atoms with E-state index in [0.29, 0.717) is 17.9 Å². The number of pyridine rings is 2. The van der Waals surface area contributed by atoms with Crippen molar-refractivity contribution in [1.82, 2.24) is 15.3 Å². The molecule has 0 unspecified atom stereocenters. The van der Waals surface area contributed by atoms with E-state index in [1.54, 1.807) is 36.7 Å². The lowest BCUT2D eigenvalue weighted by atomic mass is 10.2. The average molecular weight is 320 g/mol. The van der Waals surface area contributed by atoms with E-state index < -0.39 is 10.0 Å². The Kier molecular flexibility index (Phi) is 4.71. The highest BCUT2D eigenvalue weighted by Gasteiger charge is 2.12. The Balaban J connectivity index is 1.99. The fourth-order valence-corrected chi connectivity index (χ4v) is 2.11. The summed E-state index contributed by atoms with van der Waals surface area (Å²) in [6.07, 6.45) is 5.74. The highest BCUT2D eigenvalue weighted by Crippen LogP contribution is 2.12. The minimum atomic E-state index is -3.34. The zero-order valence-electron chi connectivity index (χ0n) is 12.2. The van der Waals surface area contributed by atoms with Crippen LogP contribution in [-0.4, -0.2) is 37.6 Å². The Labute approximate surface area is 129 Å². The molecule has 2 aromatic heterocycles. The molecule has 0 aliphatic carbocycles. The molecule has 22 heavy (non-hydrogen) atoms. The Bertz CT molecular complexity index is 745. The van der Waals surface area contributed by atoms with Crippen LogP contribution in [0.5, 0.6) is 0 Å². The van der Waals surface area contributed by atoms with Gasteiger partial charge in [-0.05, 0) is 23.8 Å². The van der Waals surface area contributed by atoms with Crippen molar-refractivity contribution in [3.63, 3.8) is 0 Å². The molecule has 0 saturated heterocycles. The first-order valence-electron chi connectivity index (χ1n) is 6.45. The molecule has 0 bridgehead atoms. The minimum Gasteiger partial charge on any atom is -0.348 e. The van der Waals surface area contributed by atoms with Crippen molar-refractivity contribution in [2.75, 3.05) is 17.6 Å². The van der Waals surface area contributed by atoms with Crippen molar-refractivity contribution >= 4 is 21.7 Å². The van der Waals surface area contributed by atoms with Gasteiger partial charge in [-0.3, -0.25) is 14.1 Å². The number of nitrogens with zero attached hydrogens (tertiary/aromatic N) is 3. The second-order valence-corrected chi connectivity index (χ2v) is 6.69. The Morgan fingerprint density at radius 1 is 1.23 bits per heavy atom. The van der Waals surface area contributed by atoms with Crippen molar-refractivity contribution in [2.45, 2.75) is 6.54 Å². The molecule has 8 heteroatoms. The fraction of sp³-hybridized carbons (Fsp3) is 0.214. The lowest BCUT2D eigenvalue weighted by Gasteiger charge is -2.15. The maximum absolute atomic E-state index is 11.9. The number of anilines is 1. The molecule has 0 fully saturated rings. The topological polar surface area (TPSA) is 92.3 Å². The minimum absolute atomic E-state index is 0.209. The van der Waals surface area contributed by atoms with Gasteiger partial charge in [-0.25, -0.2) is 13.4 Å². The SMILES string of the molecule is CN(c1ccc(CNC(=O)c2ccncc2)cn1)S(C)(=O)=O. The Morgan fingerprint density at radius 3 is 2.45 bits per heavy atom. The molecule has 0 spiro atoms. The summed E-state index contributed by atoms with van der Waals surface area (Å²) in [5, 5.41) is 2.76. The van der Waals surface area contributed by atoms with Crippen LogP contribution in [0.3, 0.4) is 0 Å². The highest BCUT2D eigenvalue weighted by molar-refractivity contribution is 7.92. The van der Waals surface area contributed by atoms with E-state index in [0.717, 1.165) is 16.1 Å². The van der Waals surface area contributed by atoms with Crippen LogP contribution >= 0.6 is 0 Å². The second-order valence-electron chi connectivity index (χ2n) is 4.67. The first kappa shape index (κ1) is 15.9. The van der Waals surface area contributed by atoms with Gasteiger partial charge in [0, 0.05) is 37.7 Å². The fourth-order valence-electron chi connectivity index (χ4n) is 1.67. The summed E-state index contributed by atoms with van der Waals surface area (Å²) >= 11 is 0. The van der Waals surface area contributed by atoms with Gasteiger partial charge < -0.3 is 5.32 Å². The quantitative estimate of drug-likeness (QED) is 0.880. The molecule has 2 rings (SSSR count). The largest absolute Gasteiger partial charge is 0.348 e. The molecule has 1 N–H and O–H groups in total. The van der Waals surface area contributed by atoms with Gasteiger partial charge in [0.2, 0.25) is 10.0 Å². The van der Waals surface area contributed by atoms with E-state index >= 15 is 0 Å². The van der Waals surface area contributed by atoms with Crippen molar-refractivity contribution in [2.24, 2.45) is 0 Å². The zero-order chi connectivity index (χ0) is 16.2. The van der Waals surface area contributed by atoms with Gasteiger partial charge in [0.15, 0.2) is 0 Å². The average Bonchev–Trinajstić information content (AvgIpc) is 2.52. The second kappa shape index (κ2) is 6.52. The highest BCUT2D eigenvalue weighted by atomic mass is 32.2. The van der Waals surface area contributed by atoms with Crippen molar-refractivity contribution in [1.29, 1.82) is 0 Å². The third-order valence-corrected chi connectivity index (χ3v) is 4.21. The lowest BCUT2D eigenvalue weighted by molar-refractivity contribution is 0.0951. The summed E-state index contributed by atoms with van der Waals surface area (Å²) < 4.78 is 23.9. The molecule has 0 saturated carbocycles. The molecule has 0 aromatic carbocycles. The number of sulfonamides is 1. The smallest absolute Gasteiger partial charge is 0.251 e. The van der Waals surface area contributed by atoms with E-state index in [4.69, 9.17) is 0 Å². The molecule has 0 aliphatic heterocycles. The van der Waals surface area contributed by atoms with E-state index in [9.17, 15) is 13.2 Å². The predicted molar refractivity (Wildman–Crippen MR) is 82.9 cm³/mol. The van der Waals surface area contributed by atoms with E-state index in [1.807, 2.05) is 0 Å². The third-order valence-electron chi connectivity index (χ3n) is 3.02. The van der Waals surface area contributed by atoms with E-state index in [1.165, 1.54) is 13.2 Å². The molecule has 0 aliphatic rings. The molecule has 2 heterocycles. The summed E-state index contributed by atoms with van der Waals surface area (Å²) in [5.74, 6) is 0.117. The standard InChI is InChI=1S/C14H16N4O3S/c1-18(22(2,20)21)13-4-3-11(9-16-13)10-17-14(19)12-5-7-15-8-6-12/h3-9H,10H2,1-2H3,(H,17,19). The van der Waals surface area contributed by atoms with Crippen molar-refractivity contribution in [3.8, 4) is 0 Å². The first-order chi connectivity index (χ1) is 10.4. The first-order valence-corrected chi connectivity index (χ1v) is 8.30. The van der Waals surface area contributed by atoms with Crippen LogP contribution in [0.25, 0.3) is 0 Å². The van der Waals surface area contributed by atoms with Crippen LogP contribution in [0.4, 0.5) is 5.82 Å². The summed E-state index contributed by atoms with van der Waals surface area (Å²) in [5.41, 5.74) is 1.30. The zero-order valence-corrected chi connectivity index (χ0v) is 13.0. The van der Waals surface area contributed by atoms with Crippen molar-refractivity contribution in [3.05, 3.63) is 54.0 Å². The molecule has 116 valence electrons. The van der Waals surface area contributed by atoms with Gasteiger partial charge in [-0.1, -0.05) is 6.07 Å². The Morgan fingerprint density at radius 2 is 1.91 bits per heavy atom. The number of nitrogens with one attached hydrogen (secondary N) is 1. The molecule has 7 nitrogen and oxygen atoms in total. The van der Waals surface area contributed by atoms with Gasteiger partial charge in [-0.2, -0.15) is 0 Å². The summed E-state index contributed by atoms with van der Waals surface area (Å²) in [6, 6.07) is 6.56. The van der Waals surface area contributed by atoms with Gasteiger partial charge in [-0.15, -0.1) is 0 Å².